The fourth-order valence-corrected chi connectivity index (χ4v) is 3.56. The number of carbonyl (C=O) groups is 1. The van der Waals surface area contributed by atoms with Crippen molar-refractivity contribution in [1.82, 2.24) is 9.99 Å². The summed E-state index contributed by atoms with van der Waals surface area (Å²) in [4.78, 5) is 12.4. The molecule has 5 nitrogen and oxygen atoms in total. The highest BCUT2D eigenvalue weighted by Crippen LogP contribution is 2.22. The number of amides is 1. The van der Waals surface area contributed by atoms with E-state index < -0.39 is 11.8 Å². The number of hydrogen-bond donors (Lipinski definition) is 1. The van der Waals surface area contributed by atoms with Crippen molar-refractivity contribution < 1.29 is 4.79 Å². The third-order valence-electron chi connectivity index (χ3n) is 4.84. The summed E-state index contributed by atoms with van der Waals surface area (Å²) >= 11 is 0. The molecule has 1 aromatic heterocycles. The minimum atomic E-state index is -0.893. The zero-order chi connectivity index (χ0) is 21.0. The summed E-state index contributed by atoms with van der Waals surface area (Å²) in [6, 6.07) is 19.5. The molecule has 29 heavy (non-hydrogen) atoms. The van der Waals surface area contributed by atoms with E-state index in [4.69, 9.17) is 0 Å². The van der Waals surface area contributed by atoms with Gasteiger partial charge in [0.05, 0.1) is 12.3 Å². The van der Waals surface area contributed by atoms with E-state index in [2.05, 4.69) is 47.1 Å². The van der Waals surface area contributed by atoms with Gasteiger partial charge in [-0.25, -0.2) is 5.43 Å². The molecule has 1 amide bonds. The first-order valence-electron chi connectivity index (χ1n) is 9.46. The number of rotatable bonds is 5. The molecule has 0 fully saturated rings. The van der Waals surface area contributed by atoms with Crippen molar-refractivity contribution in [3.63, 3.8) is 0 Å². The van der Waals surface area contributed by atoms with Crippen LogP contribution in [-0.2, 0) is 4.79 Å². The molecule has 1 atom stereocenters. The molecule has 0 spiro atoms. The van der Waals surface area contributed by atoms with Crippen molar-refractivity contribution in [2.24, 2.45) is 5.10 Å². The Balaban J connectivity index is 1.80. The number of hydrazone groups is 1. The highest BCUT2D eigenvalue weighted by Gasteiger charge is 2.19. The molecule has 3 aromatic rings. The van der Waals surface area contributed by atoms with Gasteiger partial charge in [-0.1, -0.05) is 36.4 Å². The molecule has 0 radical (unpaired) electrons. The van der Waals surface area contributed by atoms with E-state index in [1.165, 1.54) is 11.1 Å². The highest BCUT2D eigenvalue weighted by molar-refractivity contribution is 5.88. The van der Waals surface area contributed by atoms with Crippen molar-refractivity contribution in [3.8, 4) is 11.8 Å². The Morgan fingerprint density at radius 1 is 1.07 bits per heavy atom. The van der Waals surface area contributed by atoms with Gasteiger partial charge in [0.15, 0.2) is 5.92 Å². The molecule has 3 rings (SSSR count). The van der Waals surface area contributed by atoms with Crippen LogP contribution in [0.3, 0.4) is 0 Å². The number of hydrogen-bond acceptors (Lipinski definition) is 3. The molecule has 1 N–H and O–H groups in total. The number of nitrogens with one attached hydrogen (secondary N) is 1. The van der Waals surface area contributed by atoms with Gasteiger partial charge in [0.1, 0.15) is 0 Å². The summed E-state index contributed by atoms with van der Waals surface area (Å²) in [5, 5.41) is 13.4. The summed E-state index contributed by atoms with van der Waals surface area (Å²) in [7, 11) is 0. The average molecular weight is 384 g/mol. The fraction of sp³-hybridized carbons (Fsp3) is 0.208. The van der Waals surface area contributed by atoms with E-state index in [1.807, 2.05) is 32.0 Å². The first-order chi connectivity index (χ1) is 13.9. The fourth-order valence-electron chi connectivity index (χ4n) is 3.56. The van der Waals surface area contributed by atoms with Gasteiger partial charge in [-0.3, -0.25) is 4.79 Å². The lowest BCUT2D eigenvalue weighted by molar-refractivity contribution is -0.121. The number of aryl methyl sites for hydroxylation is 3. The van der Waals surface area contributed by atoms with Gasteiger partial charge < -0.3 is 4.57 Å². The van der Waals surface area contributed by atoms with Crippen molar-refractivity contribution in [1.29, 1.82) is 5.26 Å². The molecule has 0 aliphatic carbocycles. The van der Waals surface area contributed by atoms with Crippen LogP contribution < -0.4 is 5.43 Å². The predicted octanol–water partition coefficient (Wildman–Crippen LogP) is 4.47. The largest absolute Gasteiger partial charge is 0.318 e. The molecule has 146 valence electrons. The Morgan fingerprint density at radius 3 is 2.34 bits per heavy atom. The van der Waals surface area contributed by atoms with Crippen LogP contribution in [0.1, 0.15) is 39.6 Å². The van der Waals surface area contributed by atoms with Gasteiger partial charge in [-0.15, -0.1) is 0 Å². The third-order valence-corrected chi connectivity index (χ3v) is 4.84. The van der Waals surface area contributed by atoms with Crippen LogP contribution in [0, 0.1) is 39.0 Å². The van der Waals surface area contributed by atoms with Gasteiger partial charge in [0, 0.05) is 22.6 Å². The summed E-state index contributed by atoms with van der Waals surface area (Å²) in [6.07, 6.45) is 1.62. The first kappa shape index (κ1) is 20.1. The maximum atomic E-state index is 12.4. The van der Waals surface area contributed by atoms with Gasteiger partial charge in [-0.05, 0) is 62.6 Å². The van der Waals surface area contributed by atoms with Gasteiger partial charge >= 0.3 is 0 Å². The maximum Gasteiger partial charge on any atom is 0.261 e. The monoisotopic (exact) mass is 384 g/mol. The Morgan fingerprint density at radius 2 is 1.72 bits per heavy atom. The molecular formula is C24H24N4O. The lowest BCUT2D eigenvalue weighted by atomic mass is 10.0. The van der Waals surface area contributed by atoms with E-state index in [9.17, 15) is 10.1 Å². The Kier molecular flexibility index (Phi) is 5.94. The van der Waals surface area contributed by atoms with Crippen LogP contribution in [0.2, 0.25) is 0 Å². The topological polar surface area (TPSA) is 70.2 Å². The molecule has 0 aliphatic heterocycles. The van der Waals surface area contributed by atoms with Crippen molar-refractivity contribution in [2.75, 3.05) is 0 Å². The van der Waals surface area contributed by atoms with Crippen LogP contribution >= 0.6 is 0 Å². The predicted molar refractivity (Wildman–Crippen MR) is 115 cm³/mol. The summed E-state index contributed by atoms with van der Waals surface area (Å²) in [5.74, 6) is -1.34. The van der Waals surface area contributed by atoms with Crippen LogP contribution in [0.4, 0.5) is 0 Å². The summed E-state index contributed by atoms with van der Waals surface area (Å²) in [6.45, 7) is 8.24. The zero-order valence-corrected chi connectivity index (χ0v) is 17.1. The molecular weight excluding hydrogens is 360 g/mol. The highest BCUT2D eigenvalue weighted by atomic mass is 16.2. The lowest BCUT2D eigenvalue weighted by Gasteiger charge is -2.11. The van der Waals surface area contributed by atoms with Gasteiger partial charge in [-0.2, -0.15) is 10.4 Å². The van der Waals surface area contributed by atoms with E-state index in [-0.39, 0.29) is 0 Å². The Labute approximate surface area is 171 Å². The second-order valence-corrected chi connectivity index (χ2v) is 7.21. The van der Waals surface area contributed by atoms with Crippen LogP contribution in [-0.4, -0.2) is 16.7 Å². The zero-order valence-electron chi connectivity index (χ0n) is 17.1. The van der Waals surface area contributed by atoms with Crippen LogP contribution in [0.5, 0.6) is 0 Å². The number of nitrogens with zero attached hydrogens (tertiary/aromatic N) is 3. The summed E-state index contributed by atoms with van der Waals surface area (Å²) in [5.41, 5.74) is 9.69. The SMILES string of the molecule is Cc1cc(C)cc(-n2c(C)cc(/C=N\NC(=O)[C@@H](C#N)c3ccccc3)c2C)c1. The second-order valence-electron chi connectivity index (χ2n) is 7.21. The molecule has 0 saturated heterocycles. The first-order valence-corrected chi connectivity index (χ1v) is 9.46. The van der Waals surface area contributed by atoms with E-state index in [0.717, 1.165) is 22.6 Å². The number of nitriles is 1. The van der Waals surface area contributed by atoms with Gasteiger partial charge in [0.25, 0.3) is 5.91 Å². The molecule has 2 aromatic carbocycles. The molecule has 0 unspecified atom stereocenters. The second kappa shape index (κ2) is 8.57. The van der Waals surface area contributed by atoms with Crippen molar-refractivity contribution >= 4 is 12.1 Å². The molecule has 0 saturated carbocycles. The number of carbonyl (C=O) groups excluding carboxylic acids is 1. The summed E-state index contributed by atoms with van der Waals surface area (Å²) < 4.78 is 2.17. The Bertz CT molecular complexity index is 1080. The molecule has 1 heterocycles. The minimum absolute atomic E-state index is 0.446. The Hall–Kier alpha value is -3.65. The van der Waals surface area contributed by atoms with Crippen molar-refractivity contribution in [3.05, 3.63) is 88.2 Å². The smallest absolute Gasteiger partial charge is 0.261 e. The standard InChI is InChI=1S/C24H24N4O/c1-16-10-17(2)12-22(11-16)28-18(3)13-21(19(28)4)15-26-27-24(29)23(14-25)20-8-6-5-7-9-20/h5-13,15,23H,1-4H3,(H,27,29)/b26-15-/t23-/m0/s1. The normalized spacial score (nSPS) is 12.0. The quantitative estimate of drug-likeness (QED) is 0.521. The van der Waals surface area contributed by atoms with Crippen LogP contribution in [0.25, 0.3) is 5.69 Å². The molecule has 0 aliphatic rings. The average Bonchev–Trinajstić information content (AvgIpc) is 2.96. The maximum absolute atomic E-state index is 12.4. The lowest BCUT2D eigenvalue weighted by Crippen LogP contribution is -2.24. The van der Waals surface area contributed by atoms with E-state index >= 15 is 0 Å². The molecule has 0 bridgehead atoms. The number of benzene rings is 2. The number of aromatic nitrogens is 1. The van der Waals surface area contributed by atoms with Crippen molar-refractivity contribution in [2.45, 2.75) is 33.6 Å². The minimum Gasteiger partial charge on any atom is -0.318 e. The van der Waals surface area contributed by atoms with Gasteiger partial charge in [0.2, 0.25) is 0 Å². The third kappa shape index (κ3) is 4.44. The van der Waals surface area contributed by atoms with Crippen LogP contribution in [0.15, 0.2) is 59.7 Å². The van der Waals surface area contributed by atoms with E-state index in [1.54, 1.807) is 30.5 Å². The van der Waals surface area contributed by atoms with E-state index in [0.29, 0.717) is 5.56 Å². The molecule has 5 heteroatoms.